The number of sulfonamides is 1. The average Bonchev–Trinajstić information content (AvgIpc) is 2.45. The molecule has 1 heterocycles. The Labute approximate surface area is 146 Å². The smallest absolute Gasteiger partial charge is 0.243 e. The molecule has 1 fully saturated rings. The Morgan fingerprint density at radius 2 is 2.00 bits per heavy atom. The molecule has 1 aromatic carbocycles. The molecule has 5 nitrogen and oxygen atoms in total. The second-order valence-electron chi connectivity index (χ2n) is 6.99. The minimum atomic E-state index is -3.62. The molecule has 0 aromatic heterocycles. The lowest BCUT2D eigenvalue weighted by molar-refractivity contribution is -0.00209. The molecule has 7 heteroatoms. The molecule has 0 aliphatic carbocycles. The molecule has 0 unspecified atom stereocenters. The van der Waals surface area contributed by atoms with Crippen LogP contribution in [0, 0.1) is 11.3 Å². The van der Waals surface area contributed by atoms with E-state index >= 15 is 0 Å². The van der Waals surface area contributed by atoms with Gasteiger partial charge in [-0.15, -0.1) is 0 Å². The van der Waals surface area contributed by atoms with Crippen molar-refractivity contribution < 1.29 is 18.3 Å². The molecule has 1 aliphatic rings. The Morgan fingerprint density at radius 3 is 2.48 bits per heavy atom. The Bertz CT molecular complexity index is 669. The van der Waals surface area contributed by atoms with E-state index in [-0.39, 0.29) is 22.8 Å². The van der Waals surface area contributed by atoms with Gasteiger partial charge in [-0.1, -0.05) is 20.8 Å². The van der Waals surface area contributed by atoms with Crippen molar-refractivity contribution in [1.29, 1.82) is 0 Å². The highest BCUT2D eigenvalue weighted by molar-refractivity contribution is 9.10. The molecule has 0 bridgehead atoms. The third-order valence-corrected chi connectivity index (χ3v) is 6.90. The quantitative estimate of drug-likeness (QED) is 0.839. The number of halogens is 1. The molecule has 130 valence electrons. The van der Waals surface area contributed by atoms with Gasteiger partial charge in [0.25, 0.3) is 0 Å². The standard InChI is InChI=1S/C16H24BrNO4S/c1-16(2,3)12-7-8-18(10-14(12)19)23(20,21)11-5-6-15(22-4)13(17)9-11/h5-6,9,12,14,19H,7-8,10H2,1-4H3/t12-,14+/m1/s1. The number of hydrogen-bond donors (Lipinski definition) is 1. The Morgan fingerprint density at radius 1 is 1.35 bits per heavy atom. The van der Waals surface area contributed by atoms with Crippen molar-refractivity contribution in [2.45, 2.75) is 38.2 Å². The third-order valence-electron chi connectivity index (χ3n) is 4.42. The van der Waals surface area contributed by atoms with Crippen molar-refractivity contribution >= 4 is 26.0 Å². The molecule has 2 atom stereocenters. The van der Waals surface area contributed by atoms with Crippen molar-refractivity contribution in [2.24, 2.45) is 11.3 Å². The SMILES string of the molecule is COc1ccc(S(=O)(=O)N2CC[C@@H](C(C)(C)C)[C@@H](O)C2)cc1Br. The van der Waals surface area contributed by atoms with Gasteiger partial charge < -0.3 is 9.84 Å². The predicted molar refractivity (Wildman–Crippen MR) is 93.0 cm³/mol. The molecule has 0 amide bonds. The van der Waals surface area contributed by atoms with Crippen LogP contribution in [0.4, 0.5) is 0 Å². The van der Waals surface area contributed by atoms with Crippen LogP contribution >= 0.6 is 15.9 Å². The number of piperidine rings is 1. The lowest BCUT2D eigenvalue weighted by atomic mass is 9.74. The summed E-state index contributed by atoms with van der Waals surface area (Å²) in [6, 6.07) is 4.69. The molecule has 2 rings (SSSR count). The fourth-order valence-corrected chi connectivity index (χ4v) is 5.28. The summed E-state index contributed by atoms with van der Waals surface area (Å²) in [4.78, 5) is 0.201. The lowest BCUT2D eigenvalue weighted by Gasteiger charge is -2.41. The van der Waals surface area contributed by atoms with Crippen LogP contribution in [0.2, 0.25) is 0 Å². The van der Waals surface area contributed by atoms with Crippen molar-refractivity contribution in [3.63, 3.8) is 0 Å². The maximum Gasteiger partial charge on any atom is 0.243 e. The fourth-order valence-electron chi connectivity index (χ4n) is 3.09. The molecule has 0 spiro atoms. The normalized spacial score (nSPS) is 23.7. The summed E-state index contributed by atoms with van der Waals surface area (Å²) in [5.41, 5.74) is -0.0432. The molecule has 1 N–H and O–H groups in total. The third kappa shape index (κ3) is 3.90. The van der Waals surface area contributed by atoms with Gasteiger partial charge in [0.1, 0.15) is 5.75 Å². The van der Waals surface area contributed by atoms with Crippen LogP contribution < -0.4 is 4.74 Å². The van der Waals surface area contributed by atoms with Crippen molar-refractivity contribution in [1.82, 2.24) is 4.31 Å². The van der Waals surface area contributed by atoms with E-state index in [1.54, 1.807) is 6.07 Å². The zero-order valence-corrected chi connectivity index (χ0v) is 16.3. The fraction of sp³-hybridized carbons (Fsp3) is 0.625. The highest BCUT2D eigenvalue weighted by Crippen LogP contribution is 2.36. The summed E-state index contributed by atoms with van der Waals surface area (Å²) < 4.78 is 32.7. The highest BCUT2D eigenvalue weighted by Gasteiger charge is 2.39. The highest BCUT2D eigenvalue weighted by atomic mass is 79.9. The van der Waals surface area contributed by atoms with Gasteiger partial charge in [0.2, 0.25) is 10.0 Å². The Kier molecular flexibility index (Phi) is 5.45. The van der Waals surface area contributed by atoms with Gasteiger partial charge in [-0.05, 0) is 51.9 Å². The van der Waals surface area contributed by atoms with Crippen molar-refractivity contribution in [3.05, 3.63) is 22.7 Å². The second-order valence-corrected chi connectivity index (χ2v) is 9.78. The van der Waals surface area contributed by atoms with E-state index < -0.39 is 16.1 Å². The number of hydrogen-bond acceptors (Lipinski definition) is 4. The zero-order chi connectivity index (χ0) is 17.4. The molecule has 1 saturated heterocycles. The first-order chi connectivity index (χ1) is 10.6. The minimum absolute atomic E-state index is 0.0432. The zero-order valence-electron chi connectivity index (χ0n) is 13.9. The van der Waals surface area contributed by atoms with E-state index in [4.69, 9.17) is 4.74 Å². The molecular weight excluding hydrogens is 382 g/mol. The van der Waals surface area contributed by atoms with Gasteiger partial charge in [0.15, 0.2) is 0 Å². The number of benzene rings is 1. The van der Waals surface area contributed by atoms with E-state index in [1.165, 1.54) is 23.5 Å². The van der Waals surface area contributed by atoms with Crippen LogP contribution in [0.3, 0.4) is 0 Å². The maximum atomic E-state index is 12.8. The van der Waals surface area contributed by atoms with E-state index in [1.807, 2.05) is 0 Å². The molecule has 0 saturated carbocycles. The van der Waals surface area contributed by atoms with Crippen molar-refractivity contribution in [2.75, 3.05) is 20.2 Å². The predicted octanol–water partition coefficient (Wildman–Crippen LogP) is 2.88. The molecule has 1 aliphatic heterocycles. The van der Waals surface area contributed by atoms with Gasteiger partial charge >= 0.3 is 0 Å². The first kappa shape index (κ1) is 18.7. The van der Waals surface area contributed by atoms with Crippen LogP contribution in [0.5, 0.6) is 5.75 Å². The first-order valence-electron chi connectivity index (χ1n) is 7.59. The molecular formula is C16H24BrNO4S. The molecule has 23 heavy (non-hydrogen) atoms. The number of rotatable bonds is 3. The van der Waals surface area contributed by atoms with Crippen LogP contribution in [-0.2, 0) is 10.0 Å². The number of β-amino-alcohol motifs (C(OH)–C–C–N with tert-alkyl or cyclic N) is 1. The van der Waals surface area contributed by atoms with Crippen LogP contribution in [0.1, 0.15) is 27.2 Å². The van der Waals surface area contributed by atoms with Crippen LogP contribution in [0.15, 0.2) is 27.6 Å². The van der Waals surface area contributed by atoms with Gasteiger partial charge in [0.05, 0.1) is 22.6 Å². The number of aliphatic hydroxyl groups excluding tert-OH is 1. The monoisotopic (exact) mass is 405 g/mol. The van der Waals surface area contributed by atoms with Crippen LogP contribution in [-0.4, -0.2) is 44.1 Å². The number of nitrogens with zero attached hydrogens (tertiary/aromatic N) is 1. The summed E-state index contributed by atoms with van der Waals surface area (Å²) in [5.74, 6) is 0.673. The molecule has 0 radical (unpaired) electrons. The maximum absolute atomic E-state index is 12.8. The summed E-state index contributed by atoms with van der Waals surface area (Å²) in [7, 11) is -2.09. The van der Waals surface area contributed by atoms with E-state index in [9.17, 15) is 13.5 Å². The largest absolute Gasteiger partial charge is 0.496 e. The topological polar surface area (TPSA) is 66.8 Å². The second kappa shape index (κ2) is 6.70. The average molecular weight is 406 g/mol. The summed E-state index contributed by atoms with van der Waals surface area (Å²) in [6.45, 7) is 6.78. The van der Waals surface area contributed by atoms with Gasteiger partial charge in [-0.25, -0.2) is 8.42 Å². The van der Waals surface area contributed by atoms with Gasteiger partial charge in [-0.2, -0.15) is 4.31 Å². The van der Waals surface area contributed by atoms with E-state index in [0.717, 1.165) is 0 Å². The minimum Gasteiger partial charge on any atom is -0.496 e. The Balaban J connectivity index is 2.23. The van der Waals surface area contributed by atoms with E-state index in [0.29, 0.717) is 23.2 Å². The number of aliphatic hydroxyl groups is 1. The van der Waals surface area contributed by atoms with Crippen molar-refractivity contribution in [3.8, 4) is 5.75 Å². The van der Waals surface area contributed by atoms with E-state index in [2.05, 4.69) is 36.7 Å². The summed E-state index contributed by atoms with van der Waals surface area (Å²) in [6.07, 6.45) is 0.00141. The Hall–Kier alpha value is -0.630. The summed E-state index contributed by atoms with van der Waals surface area (Å²) >= 11 is 3.31. The molecule has 1 aromatic rings. The number of ether oxygens (including phenoxy) is 1. The summed E-state index contributed by atoms with van der Waals surface area (Å²) in [5, 5.41) is 10.4. The van der Waals surface area contributed by atoms with Gasteiger partial charge in [-0.3, -0.25) is 0 Å². The first-order valence-corrected chi connectivity index (χ1v) is 9.82. The van der Waals surface area contributed by atoms with Crippen LogP contribution in [0.25, 0.3) is 0 Å². The van der Waals surface area contributed by atoms with Gasteiger partial charge in [0, 0.05) is 13.1 Å². The lowest BCUT2D eigenvalue weighted by Crippen LogP contribution is -2.49. The number of methoxy groups -OCH3 is 1.